The van der Waals surface area contributed by atoms with Crippen LogP contribution in [0, 0.1) is 13.8 Å². The lowest BCUT2D eigenvalue weighted by Crippen LogP contribution is -2.39. The molecule has 0 atom stereocenters. The summed E-state index contributed by atoms with van der Waals surface area (Å²) in [5.41, 5.74) is 6.24. The Bertz CT molecular complexity index is 1640. The first-order chi connectivity index (χ1) is 19.1. The van der Waals surface area contributed by atoms with E-state index in [4.69, 9.17) is 21.1 Å². The van der Waals surface area contributed by atoms with Gasteiger partial charge in [0.05, 0.1) is 31.0 Å². The van der Waals surface area contributed by atoms with Crippen LogP contribution in [0.25, 0.3) is 5.69 Å². The fourth-order valence-electron chi connectivity index (χ4n) is 4.26. The maximum atomic E-state index is 13.6. The molecule has 0 aliphatic heterocycles. The van der Waals surface area contributed by atoms with Gasteiger partial charge in [0, 0.05) is 33.7 Å². The van der Waals surface area contributed by atoms with Gasteiger partial charge in [0.2, 0.25) is 0 Å². The normalized spacial score (nSPS) is 11.4. The molecule has 11 heteroatoms. The lowest BCUT2D eigenvalue weighted by atomic mass is 10.2. The van der Waals surface area contributed by atoms with E-state index in [1.165, 1.54) is 38.6 Å². The van der Waals surface area contributed by atoms with Crippen LogP contribution >= 0.6 is 11.6 Å². The van der Waals surface area contributed by atoms with Gasteiger partial charge in [-0.1, -0.05) is 29.8 Å². The van der Waals surface area contributed by atoms with Gasteiger partial charge in [0.15, 0.2) is 0 Å². The predicted molar refractivity (Wildman–Crippen MR) is 157 cm³/mol. The van der Waals surface area contributed by atoms with Gasteiger partial charge in [-0.15, -0.1) is 0 Å². The highest BCUT2D eigenvalue weighted by Gasteiger charge is 2.29. The molecule has 208 valence electrons. The molecular weight excluding hydrogens is 552 g/mol. The number of sulfonamides is 1. The molecule has 1 N–H and O–H groups in total. The number of amides is 1. The smallest absolute Gasteiger partial charge is 0.264 e. The molecule has 0 radical (unpaired) electrons. The summed E-state index contributed by atoms with van der Waals surface area (Å²) >= 11 is 6.03. The maximum Gasteiger partial charge on any atom is 0.264 e. The molecule has 0 aliphatic carbocycles. The van der Waals surface area contributed by atoms with Crippen LogP contribution in [0.15, 0.2) is 88.9 Å². The molecule has 0 saturated heterocycles. The van der Waals surface area contributed by atoms with Gasteiger partial charge in [0.25, 0.3) is 15.9 Å². The number of ether oxygens (including phenoxy) is 2. The van der Waals surface area contributed by atoms with Crippen molar-refractivity contribution in [2.24, 2.45) is 5.10 Å². The third-order valence-corrected chi connectivity index (χ3v) is 8.25. The van der Waals surface area contributed by atoms with Crippen molar-refractivity contribution in [2.75, 3.05) is 25.1 Å². The molecule has 3 aromatic carbocycles. The molecule has 9 nitrogen and oxygen atoms in total. The number of nitrogens with zero attached hydrogens (tertiary/aromatic N) is 3. The minimum absolute atomic E-state index is 0.0267. The Morgan fingerprint density at radius 2 is 1.70 bits per heavy atom. The van der Waals surface area contributed by atoms with Gasteiger partial charge < -0.3 is 14.0 Å². The second kappa shape index (κ2) is 12.3. The summed E-state index contributed by atoms with van der Waals surface area (Å²) in [6.45, 7) is 3.36. The Morgan fingerprint density at radius 3 is 2.35 bits per heavy atom. The van der Waals surface area contributed by atoms with E-state index in [2.05, 4.69) is 10.5 Å². The molecule has 1 amide bonds. The van der Waals surface area contributed by atoms with Crippen LogP contribution < -0.4 is 19.2 Å². The monoisotopic (exact) mass is 580 g/mol. The average Bonchev–Trinajstić information content (AvgIpc) is 3.24. The van der Waals surface area contributed by atoms with Crippen molar-refractivity contribution >= 4 is 39.4 Å². The lowest BCUT2D eigenvalue weighted by Gasteiger charge is -2.25. The Labute approximate surface area is 238 Å². The fraction of sp³-hybridized carbons (Fsp3) is 0.172. The van der Waals surface area contributed by atoms with E-state index >= 15 is 0 Å². The summed E-state index contributed by atoms with van der Waals surface area (Å²) in [5, 5.41) is 4.75. The van der Waals surface area contributed by atoms with Crippen molar-refractivity contribution in [3.05, 3.63) is 101 Å². The minimum Gasteiger partial charge on any atom is -0.497 e. The van der Waals surface area contributed by atoms with Gasteiger partial charge in [-0.25, -0.2) is 13.8 Å². The van der Waals surface area contributed by atoms with Gasteiger partial charge >= 0.3 is 0 Å². The number of carbonyl (C=O) groups excluding carboxylic acids is 1. The van der Waals surface area contributed by atoms with Crippen LogP contribution in [-0.4, -0.2) is 45.9 Å². The summed E-state index contributed by atoms with van der Waals surface area (Å²) < 4.78 is 41.0. The number of anilines is 1. The van der Waals surface area contributed by atoms with Gasteiger partial charge in [-0.2, -0.15) is 5.10 Å². The first-order valence-electron chi connectivity index (χ1n) is 12.2. The number of carbonyl (C=O) groups is 1. The summed E-state index contributed by atoms with van der Waals surface area (Å²) in [6, 6.07) is 21.9. The van der Waals surface area contributed by atoms with Crippen molar-refractivity contribution in [2.45, 2.75) is 18.7 Å². The first kappa shape index (κ1) is 28.7. The quantitative estimate of drug-likeness (QED) is 0.207. The topological polar surface area (TPSA) is 102 Å². The van der Waals surface area contributed by atoms with Crippen molar-refractivity contribution in [1.82, 2.24) is 9.99 Å². The van der Waals surface area contributed by atoms with Crippen LogP contribution in [0.4, 0.5) is 5.69 Å². The largest absolute Gasteiger partial charge is 0.497 e. The molecule has 4 aromatic rings. The minimum atomic E-state index is -4.13. The number of hydrogen-bond donors (Lipinski definition) is 1. The summed E-state index contributed by atoms with van der Waals surface area (Å²) in [7, 11) is -1.23. The molecule has 0 fully saturated rings. The van der Waals surface area contributed by atoms with E-state index < -0.39 is 22.5 Å². The van der Waals surface area contributed by atoms with E-state index in [0.29, 0.717) is 10.8 Å². The number of hydrogen-bond acceptors (Lipinski definition) is 6. The van der Waals surface area contributed by atoms with Crippen molar-refractivity contribution < 1.29 is 22.7 Å². The molecule has 1 aromatic heterocycles. The number of hydrazone groups is 1. The third-order valence-electron chi connectivity index (χ3n) is 6.22. The van der Waals surface area contributed by atoms with Crippen LogP contribution in [0.5, 0.6) is 11.5 Å². The van der Waals surface area contributed by atoms with Gasteiger partial charge in [-0.05, 0) is 68.4 Å². The van der Waals surface area contributed by atoms with Crippen molar-refractivity contribution in [3.63, 3.8) is 0 Å². The summed E-state index contributed by atoms with van der Waals surface area (Å²) in [5.74, 6) is 0.0628. The van der Waals surface area contributed by atoms with E-state index in [0.717, 1.165) is 26.9 Å². The zero-order valence-electron chi connectivity index (χ0n) is 22.5. The predicted octanol–water partition coefficient (Wildman–Crippen LogP) is 5.11. The standard InChI is InChI=1S/C29H29ClN4O5S/c1-20-16-22(21(2)34(20)24-12-10-23(30)11-13-24)18-31-32-29(35)19-33(40(36,37)26-8-6-5-7-9-26)27-15-14-25(38-3)17-28(27)39-4/h5-18H,19H2,1-4H3,(H,32,35)/b31-18+. The highest BCUT2D eigenvalue weighted by molar-refractivity contribution is 7.92. The number of methoxy groups -OCH3 is 2. The van der Waals surface area contributed by atoms with E-state index in [-0.39, 0.29) is 16.3 Å². The van der Waals surface area contributed by atoms with E-state index in [1.54, 1.807) is 30.3 Å². The summed E-state index contributed by atoms with van der Waals surface area (Å²) in [4.78, 5) is 13.0. The van der Waals surface area contributed by atoms with Crippen LogP contribution in [0.2, 0.25) is 5.02 Å². The highest BCUT2D eigenvalue weighted by Crippen LogP contribution is 2.35. The van der Waals surface area contributed by atoms with E-state index in [1.807, 2.05) is 48.7 Å². The van der Waals surface area contributed by atoms with Crippen molar-refractivity contribution in [3.8, 4) is 17.2 Å². The van der Waals surface area contributed by atoms with Crippen LogP contribution in [0.1, 0.15) is 17.0 Å². The van der Waals surface area contributed by atoms with E-state index in [9.17, 15) is 13.2 Å². The van der Waals surface area contributed by atoms with Crippen LogP contribution in [0.3, 0.4) is 0 Å². The fourth-order valence-corrected chi connectivity index (χ4v) is 5.83. The molecule has 0 bridgehead atoms. The Kier molecular flexibility index (Phi) is 8.81. The maximum absolute atomic E-state index is 13.6. The number of halogens is 1. The van der Waals surface area contributed by atoms with Gasteiger partial charge in [0.1, 0.15) is 18.0 Å². The molecule has 40 heavy (non-hydrogen) atoms. The number of rotatable bonds is 10. The number of benzene rings is 3. The Hall–Kier alpha value is -4.28. The molecular formula is C29H29ClN4O5S. The Morgan fingerprint density at radius 1 is 1.00 bits per heavy atom. The van der Waals surface area contributed by atoms with Crippen molar-refractivity contribution in [1.29, 1.82) is 0 Å². The second-order valence-electron chi connectivity index (χ2n) is 8.79. The number of nitrogens with one attached hydrogen (secondary N) is 1. The molecule has 4 rings (SSSR count). The first-order valence-corrected chi connectivity index (χ1v) is 14.0. The molecule has 0 saturated carbocycles. The molecule has 0 unspecified atom stereocenters. The lowest BCUT2D eigenvalue weighted by molar-refractivity contribution is -0.119. The zero-order valence-corrected chi connectivity index (χ0v) is 24.0. The highest BCUT2D eigenvalue weighted by atomic mass is 35.5. The second-order valence-corrected chi connectivity index (χ2v) is 11.1. The zero-order chi connectivity index (χ0) is 28.9. The summed E-state index contributed by atoms with van der Waals surface area (Å²) in [6.07, 6.45) is 1.52. The van der Waals surface area contributed by atoms with Crippen LogP contribution in [-0.2, 0) is 14.8 Å². The SMILES string of the molecule is COc1ccc(N(CC(=O)N/N=C/c2cc(C)n(-c3ccc(Cl)cc3)c2C)S(=O)(=O)c2ccccc2)c(OC)c1. The Balaban J connectivity index is 1.59. The molecule has 0 spiro atoms. The third kappa shape index (κ3) is 6.13. The molecule has 1 heterocycles. The average molecular weight is 581 g/mol. The van der Waals surface area contributed by atoms with Gasteiger partial charge in [-0.3, -0.25) is 9.10 Å². The number of aromatic nitrogens is 1. The number of aryl methyl sites for hydroxylation is 1. The molecule has 0 aliphatic rings.